The van der Waals surface area contributed by atoms with E-state index in [1.54, 1.807) is 13.8 Å². The molecule has 1 aromatic carbocycles. The molecule has 132 valence electrons. The van der Waals surface area contributed by atoms with Crippen molar-refractivity contribution < 1.29 is 22.8 Å². The highest BCUT2D eigenvalue weighted by atomic mass is 19.4. The number of rotatable bonds is 3. The second-order valence-corrected chi connectivity index (χ2v) is 5.99. The Morgan fingerprint density at radius 3 is 2.54 bits per heavy atom. The predicted octanol–water partition coefficient (Wildman–Crippen LogP) is 3.23. The molecule has 0 spiro atoms. The Morgan fingerprint density at radius 2 is 1.92 bits per heavy atom. The first-order chi connectivity index (χ1) is 11.2. The van der Waals surface area contributed by atoms with Crippen LogP contribution in [0.5, 0.6) is 0 Å². The number of anilines is 1. The lowest BCUT2D eigenvalue weighted by molar-refractivity contribution is -0.137. The number of likely N-dealkylation sites (tertiary alicyclic amines) is 1. The van der Waals surface area contributed by atoms with Crippen molar-refractivity contribution in [2.24, 2.45) is 0 Å². The SMILES string of the molecule is CC(C)NC(=O)[C@H]1CCCN1C(=O)Nc1ccccc1C(F)(F)F. The average Bonchev–Trinajstić information content (AvgIpc) is 2.95. The molecule has 0 unspecified atom stereocenters. The number of carbonyl (C=O) groups is 2. The van der Waals surface area contributed by atoms with E-state index in [-0.39, 0.29) is 17.6 Å². The first-order valence-electron chi connectivity index (χ1n) is 7.74. The topological polar surface area (TPSA) is 61.4 Å². The highest BCUT2D eigenvalue weighted by Gasteiger charge is 2.37. The number of carbonyl (C=O) groups excluding carboxylic acids is 2. The van der Waals surface area contributed by atoms with Crippen LogP contribution in [0.15, 0.2) is 24.3 Å². The molecule has 24 heavy (non-hydrogen) atoms. The molecule has 1 aliphatic heterocycles. The van der Waals surface area contributed by atoms with Crippen LogP contribution in [0.3, 0.4) is 0 Å². The van der Waals surface area contributed by atoms with Gasteiger partial charge in [0, 0.05) is 12.6 Å². The summed E-state index contributed by atoms with van der Waals surface area (Å²) in [5, 5.41) is 5.01. The Balaban J connectivity index is 2.14. The molecule has 1 aliphatic rings. The quantitative estimate of drug-likeness (QED) is 0.885. The highest BCUT2D eigenvalue weighted by Crippen LogP contribution is 2.34. The molecule has 0 radical (unpaired) electrons. The number of alkyl halides is 3. The van der Waals surface area contributed by atoms with E-state index in [2.05, 4.69) is 10.6 Å². The maximum Gasteiger partial charge on any atom is 0.418 e. The van der Waals surface area contributed by atoms with Gasteiger partial charge in [0.15, 0.2) is 0 Å². The Bertz CT molecular complexity index is 617. The van der Waals surface area contributed by atoms with Crippen LogP contribution in [0, 0.1) is 0 Å². The molecule has 3 amide bonds. The van der Waals surface area contributed by atoms with Gasteiger partial charge in [-0.1, -0.05) is 12.1 Å². The minimum atomic E-state index is -4.57. The first-order valence-corrected chi connectivity index (χ1v) is 7.74. The summed E-state index contributed by atoms with van der Waals surface area (Å²) < 4.78 is 39.0. The largest absolute Gasteiger partial charge is 0.418 e. The maximum absolute atomic E-state index is 13.0. The van der Waals surface area contributed by atoms with Crippen molar-refractivity contribution in [3.05, 3.63) is 29.8 Å². The Labute approximate surface area is 138 Å². The third-order valence-corrected chi connectivity index (χ3v) is 3.72. The first kappa shape index (κ1) is 18.1. The highest BCUT2D eigenvalue weighted by molar-refractivity contribution is 5.94. The number of hydrogen-bond acceptors (Lipinski definition) is 2. The average molecular weight is 343 g/mol. The summed E-state index contributed by atoms with van der Waals surface area (Å²) >= 11 is 0. The summed E-state index contributed by atoms with van der Waals surface area (Å²) in [6.45, 7) is 3.93. The monoisotopic (exact) mass is 343 g/mol. The van der Waals surface area contributed by atoms with Crippen LogP contribution in [0.25, 0.3) is 0 Å². The smallest absolute Gasteiger partial charge is 0.352 e. The number of nitrogens with one attached hydrogen (secondary N) is 2. The van der Waals surface area contributed by atoms with Crippen LogP contribution in [-0.4, -0.2) is 35.5 Å². The summed E-state index contributed by atoms with van der Waals surface area (Å²) in [7, 11) is 0. The van der Waals surface area contributed by atoms with Crippen LogP contribution in [0.4, 0.5) is 23.7 Å². The van der Waals surface area contributed by atoms with Gasteiger partial charge in [-0.2, -0.15) is 13.2 Å². The van der Waals surface area contributed by atoms with Crippen molar-refractivity contribution in [2.75, 3.05) is 11.9 Å². The number of urea groups is 1. The van der Waals surface area contributed by atoms with E-state index in [0.29, 0.717) is 19.4 Å². The molecule has 0 aromatic heterocycles. The van der Waals surface area contributed by atoms with E-state index >= 15 is 0 Å². The van der Waals surface area contributed by atoms with E-state index in [4.69, 9.17) is 0 Å². The fourth-order valence-corrected chi connectivity index (χ4v) is 2.69. The molecule has 8 heteroatoms. The van der Waals surface area contributed by atoms with E-state index in [0.717, 1.165) is 6.07 Å². The summed E-state index contributed by atoms with van der Waals surface area (Å²) in [4.78, 5) is 25.8. The summed E-state index contributed by atoms with van der Waals surface area (Å²) in [6, 6.07) is 3.33. The molecule has 0 bridgehead atoms. The standard InChI is InChI=1S/C16H20F3N3O2/c1-10(2)20-14(23)13-8-5-9-22(13)15(24)21-12-7-4-3-6-11(12)16(17,18)19/h3-4,6-7,10,13H,5,8-9H2,1-2H3,(H,20,23)(H,21,24)/t13-/m1/s1. The fourth-order valence-electron chi connectivity index (χ4n) is 2.69. The number of halogens is 3. The maximum atomic E-state index is 13.0. The van der Waals surface area contributed by atoms with Gasteiger partial charge in [-0.15, -0.1) is 0 Å². The van der Waals surface area contributed by atoms with Gasteiger partial charge in [0.2, 0.25) is 5.91 Å². The van der Waals surface area contributed by atoms with Crippen molar-refractivity contribution in [1.82, 2.24) is 10.2 Å². The summed E-state index contributed by atoms with van der Waals surface area (Å²) in [5.74, 6) is -0.290. The van der Waals surface area contributed by atoms with Crippen molar-refractivity contribution in [3.8, 4) is 0 Å². The van der Waals surface area contributed by atoms with Crippen LogP contribution in [-0.2, 0) is 11.0 Å². The van der Waals surface area contributed by atoms with Crippen molar-refractivity contribution in [1.29, 1.82) is 0 Å². The second-order valence-electron chi connectivity index (χ2n) is 5.99. The predicted molar refractivity (Wildman–Crippen MR) is 83.5 cm³/mol. The fraction of sp³-hybridized carbons (Fsp3) is 0.500. The lowest BCUT2D eigenvalue weighted by Crippen LogP contribution is -2.49. The molecule has 2 N–H and O–H groups in total. The minimum absolute atomic E-state index is 0.0750. The number of nitrogens with zero attached hydrogens (tertiary/aromatic N) is 1. The number of para-hydroxylation sites is 1. The molecule has 0 aliphatic carbocycles. The molecule has 2 rings (SSSR count). The normalized spacial score (nSPS) is 17.9. The molecular formula is C16H20F3N3O2. The Kier molecular flexibility index (Phi) is 5.36. The summed E-state index contributed by atoms with van der Waals surface area (Å²) in [5.41, 5.74) is -1.23. The molecule has 1 fully saturated rings. The van der Waals surface area contributed by atoms with Gasteiger partial charge in [-0.05, 0) is 38.8 Å². The van der Waals surface area contributed by atoms with Crippen molar-refractivity contribution in [2.45, 2.75) is 44.9 Å². The van der Waals surface area contributed by atoms with Crippen LogP contribution in [0.2, 0.25) is 0 Å². The zero-order chi connectivity index (χ0) is 17.9. The van der Waals surface area contributed by atoms with E-state index in [1.807, 2.05) is 0 Å². The summed E-state index contributed by atoms with van der Waals surface area (Å²) in [6.07, 6.45) is -3.44. The van der Waals surface area contributed by atoms with Gasteiger partial charge in [-0.3, -0.25) is 4.79 Å². The number of hydrogen-bond donors (Lipinski definition) is 2. The van der Waals surface area contributed by atoms with Gasteiger partial charge >= 0.3 is 12.2 Å². The lowest BCUT2D eigenvalue weighted by atomic mass is 10.1. The van der Waals surface area contributed by atoms with Crippen molar-refractivity contribution in [3.63, 3.8) is 0 Å². The van der Waals surface area contributed by atoms with Crippen LogP contribution >= 0.6 is 0 Å². The van der Waals surface area contributed by atoms with Gasteiger partial charge in [0.25, 0.3) is 0 Å². The van der Waals surface area contributed by atoms with E-state index in [1.165, 1.54) is 23.1 Å². The zero-order valence-corrected chi connectivity index (χ0v) is 13.5. The number of benzene rings is 1. The van der Waals surface area contributed by atoms with Gasteiger partial charge in [-0.25, -0.2) is 4.79 Å². The van der Waals surface area contributed by atoms with Crippen LogP contribution < -0.4 is 10.6 Å². The number of amides is 3. The van der Waals surface area contributed by atoms with Crippen LogP contribution in [0.1, 0.15) is 32.3 Å². The zero-order valence-electron chi connectivity index (χ0n) is 13.5. The minimum Gasteiger partial charge on any atom is -0.352 e. The van der Waals surface area contributed by atoms with Gasteiger partial charge in [0.1, 0.15) is 6.04 Å². The lowest BCUT2D eigenvalue weighted by Gasteiger charge is -2.25. The molecule has 1 heterocycles. The van der Waals surface area contributed by atoms with Crippen molar-refractivity contribution >= 4 is 17.6 Å². The molecule has 0 saturated carbocycles. The molecular weight excluding hydrogens is 323 g/mol. The van der Waals surface area contributed by atoms with Gasteiger partial charge < -0.3 is 15.5 Å². The third-order valence-electron chi connectivity index (χ3n) is 3.72. The Hall–Kier alpha value is -2.25. The Morgan fingerprint density at radius 1 is 1.25 bits per heavy atom. The molecule has 5 nitrogen and oxygen atoms in total. The van der Waals surface area contributed by atoms with E-state index < -0.39 is 23.8 Å². The van der Waals surface area contributed by atoms with E-state index in [9.17, 15) is 22.8 Å². The molecule has 1 atom stereocenters. The molecule has 1 aromatic rings. The molecule has 1 saturated heterocycles. The second kappa shape index (κ2) is 7.11. The van der Waals surface area contributed by atoms with Gasteiger partial charge in [0.05, 0.1) is 11.3 Å². The third kappa shape index (κ3) is 4.18.